The van der Waals surface area contributed by atoms with Gasteiger partial charge in [-0.3, -0.25) is 0 Å². The highest BCUT2D eigenvalue weighted by Crippen LogP contribution is 2.39. The SMILES string of the molecule is COC(F)(F)C(F)(F)OC(F)(F)CF. The molecule has 0 aromatic carbocycles. The molecule has 0 rings (SSSR count). The second kappa shape index (κ2) is 3.89. The molecule has 0 amide bonds. The summed E-state index contributed by atoms with van der Waals surface area (Å²) in [6.07, 6.45) is -15.9. The molecule has 0 aliphatic rings. The Hall–Kier alpha value is -0.570. The van der Waals surface area contributed by atoms with E-state index in [1.54, 1.807) is 0 Å². The number of halogens is 7. The molecule has 0 spiro atoms. The molecule has 0 bridgehead atoms. The molecule has 86 valence electrons. The molecule has 0 saturated heterocycles. The molecule has 0 radical (unpaired) electrons. The van der Waals surface area contributed by atoms with Crippen LogP contribution in [0.2, 0.25) is 0 Å². The van der Waals surface area contributed by atoms with Gasteiger partial charge in [0, 0.05) is 7.11 Å². The van der Waals surface area contributed by atoms with Gasteiger partial charge < -0.3 is 4.74 Å². The number of rotatable bonds is 5. The first kappa shape index (κ1) is 13.4. The van der Waals surface area contributed by atoms with Crippen LogP contribution < -0.4 is 0 Å². The van der Waals surface area contributed by atoms with Crippen LogP contribution in [0.25, 0.3) is 0 Å². The summed E-state index contributed by atoms with van der Waals surface area (Å²) in [5.74, 6) is 0. The number of methoxy groups -OCH3 is 1. The first-order chi connectivity index (χ1) is 6.08. The van der Waals surface area contributed by atoms with E-state index < -0.39 is 25.0 Å². The lowest BCUT2D eigenvalue weighted by atomic mass is 10.5. The molecule has 0 aromatic heterocycles. The van der Waals surface area contributed by atoms with Gasteiger partial charge in [-0.2, -0.15) is 26.3 Å². The average molecular weight is 230 g/mol. The summed E-state index contributed by atoms with van der Waals surface area (Å²) in [7, 11) is 0.158. The van der Waals surface area contributed by atoms with Crippen molar-refractivity contribution in [2.24, 2.45) is 0 Å². The van der Waals surface area contributed by atoms with Crippen LogP contribution in [0.1, 0.15) is 0 Å². The fourth-order valence-corrected chi connectivity index (χ4v) is 0.393. The topological polar surface area (TPSA) is 18.5 Å². The van der Waals surface area contributed by atoms with Crippen molar-refractivity contribution in [3.05, 3.63) is 0 Å². The Balaban J connectivity index is 4.64. The monoisotopic (exact) mass is 230 g/mol. The van der Waals surface area contributed by atoms with Gasteiger partial charge in [0.15, 0.2) is 6.67 Å². The van der Waals surface area contributed by atoms with Crippen molar-refractivity contribution in [1.29, 1.82) is 0 Å². The molecule has 2 nitrogen and oxygen atoms in total. The van der Waals surface area contributed by atoms with E-state index in [0.29, 0.717) is 0 Å². The van der Waals surface area contributed by atoms with Gasteiger partial charge >= 0.3 is 18.3 Å². The van der Waals surface area contributed by atoms with Crippen molar-refractivity contribution in [3.63, 3.8) is 0 Å². The smallest absolute Gasteiger partial charge is 0.317 e. The van der Waals surface area contributed by atoms with Crippen LogP contribution in [0.15, 0.2) is 0 Å². The summed E-state index contributed by atoms with van der Waals surface area (Å²) >= 11 is 0. The molecule has 0 fully saturated rings. The van der Waals surface area contributed by atoms with Gasteiger partial charge in [0.05, 0.1) is 0 Å². The highest BCUT2D eigenvalue weighted by atomic mass is 19.3. The standard InChI is InChI=1S/C5H5F7O2/c1-13-4(9,10)5(11,12)14-3(7,8)2-6/h2H2,1H3. The van der Waals surface area contributed by atoms with E-state index in [4.69, 9.17) is 0 Å². The predicted octanol–water partition coefficient (Wildman–Crippen LogP) is 2.40. The van der Waals surface area contributed by atoms with Crippen molar-refractivity contribution in [3.8, 4) is 0 Å². The molecule has 0 atom stereocenters. The third-order valence-corrected chi connectivity index (χ3v) is 1.03. The Labute approximate surface area is 73.6 Å². The third-order valence-electron chi connectivity index (χ3n) is 1.03. The normalized spacial score (nSPS) is 14.6. The van der Waals surface area contributed by atoms with Crippen molar-refractivity contribution in [2.45, 2.75) is 18.3 Å². The minimum atomic E-state index is -5.61. The fourth-order valence-electron chi connectivity index (χ4n) is 0.393. The Kier molecular flexibility index (Phi) is 3.73. The molecular formula is C5H5F7O2. The summed E-state index contributed by atoms with van der Waals surface area (Å²) in [6, 6.07) is 0. The van der Waals surface area contributed by atoms with Gasteiger partial charge in [-0.15, -0.1) is 0 Å². The van der Waals surface area contributed by atoms with E-state index in [2.05, 4.69) is 9.47 Å². The summed E-state index contributed by atoms with van der Waals surface area (Å²) in [6.45, 7) is -2.65. The van der Waals surface area contributed by atoms with Crippen LogP contribution >= 0.6 is 0 Å². The first-order valence-corrected chi connectivity index (χ1v) is 3.03. The molecule has 14 heavy (non-hydrogen) atoms. The van der Waals surface area contributed by atoms with Crippen molar-refractivity contribution < 1.29 is 40.2 Å². The number of hydrogen-bond donors (Lipinski definition) is 0. The van der Waals surface area contributed by atoms with Crippen LogP contribution in [0.3, 0.4) is 0 Å². The second-order valence-corrected chi connectivity index (χ2v) is 2.11. The molecule has 0 heterocycles. The minimum absolute atomic E-state index is 0.158. The summed E-state index contributed by atoms with van der Waals surface area (Å²) < 4.78 is 88.6. The van der Waals surface area contributed by atoms with Crippen molar-refractivity contribution in [2.75, 3.05) is 13.8 Å². The predicted molar refractivity (Wildman–Crippen MR) is 28.9 cm³/mol. The molecular weight excluding hydrogens is 225 g/mol. The van der Waals surface area contributed by atoms with Gasteiger partial charge in [-0.05, 0) is 0 Å². The van der Waals surface area contributed by atoms with Crippen LogP contribution in [0, 0.1) is 0 Å². The van der Waals surface area contributed by atoms with E-state index in [0.717, 1.165) is 0 Å². The van der Waals surface area contributed by atoms with E-state index in [1.165, 1.54) is 0 Å². The van der Waals surface area contributed by atoms with Gasteiger partial charge in [0.1, 0.15) is 0 Å². The van der Waals surface area contributed by atoms with Crippen molar-refractivity contribution >= 4 is 0 Å². The maximum absolute atomic E-state index is 12.1. The highest BCUT2D eigenvalue weighted by Gasteiger charge is 2.63. The zero-order chi connectivity index (χ0) is 11.6. The quantitative estimate of drug-likeness (QED) is 0.675. The maximum Gasteiger partial charge on any atom is 0.452 e. The van der Waals surface area contributed by atoms with Gasteiger partial charge in [-0.25, -0.2) is 9.13 Å². The van der Waals surface area contributed by atoms with Crippen LogP contribution in [0.4, 0.5) is 30.7 Å². The summed E-state index contributed by atoms with van der Waals surface area (Å²) in [4.78, 5) is 0. The zero-order valence-electron chi connectivity index (χ0n) is 6.67. The second-order valence-electron chi connectivity index (χ2n) is 2.11. The molecule has 0 aromatic rings. The minimum Gasteiger partial charge on any atom is -0.317 e. The molecule has 0 aliphatic heterocycles. The Bertz CT molecular complexity index is 193. The number of ether oxygens (including phenoxy) is 2. The average Bonchev–Trinajstić information content (AvgIpc) is 2.02. The van der Waals surface area contributed by atoms with E-state index in [9.17, 15) is 30.7 Å². The van der Waals surface area contributed by atoms with E-state index in [1.807, 2.05) is 0 Å². The fraction of sp³-hybridized carbons (Fsp3) is 1.00. The van der Waals surface area contributed by atoms with Gasteiger partial charge in [0.25, 0.3) is 0 Å². The first-order valence-electron chi connectivity index (χ1n) is 3.03. The van der Waals surface area contributed by atoms with Gasteiger partial charge in [0.2, 0.25) is 0 Å². The van der Waals surface area contributed by atoms with Crippen LogP contribution in [-0.4, -0.2) is 32.1 Å². The molecule has 0 aliphatic carbocycles. The number of alkyl halides is 7. The van der Waals surface area contributed by atoms with Crippen molar-refractivity contribution in [1.82, 2.24) is 0 Å². The molecule has 0 unspecified atom stereocenters. The van der Waals surface area contributed by atoms with E-state index >= 15 is 0 Å². The Morgan fingerprint density at radius 2 is 1.36 bits per heavy atom. The molecule has 0 saturated carbocycles. The highest BCUT2D eigenvalue weighted by molar-refractivity contribution is 4.68. The number of hydrogen-bond acceptors (Lipinski definition) is 2. The largest absolute Gasteiger partial charge is 0.452 e. The van der Waals surface area contributed by atoms with Crippen LogP contribution in [-0.2, 0) is 9.47 Å². The Morgan fingerprint density at radius 1 is 0.929 bits per heavy atom. The summed E-state index contributed by atoms with van der Waals surface area (Å²) in [5.41, 5.74) is 0. The van der Waals surface area contributed by atoms with E-state index in [-0.39, 0.29) is 7.11 Å². The third kappa shape index (κ3) is 2.98. The zero-order valence-corrected chi connectivity index (χ0v) is 6.67. The molecule has 0 N–H and O–H groups in total. The lowest BCUT2D eigenvalue weighted by Crippen LogP contribution is -2.48. The Morgan fingerprint density at radius 3 is 1.64 bits per heavy atom. The lowest BCUT2D eigenvalue weighted by Gasteiger charge is -2.26. The lowest BCUT2D eigenvalue weighted by molar-refractivity contribution is -0.477. The molecule has 9 heteroatoms. The summed E-state index contributed by atoms with van der Waals surface area (Å²) in [5, 5.41) is 0. The maximum atomic E-state index is 12.1. The van der Waals surface area contributed by atoms with Crippen LogP contribution in [0.5, 0.6) is 0 Å². The van der Waals surface area contributed by atoms with Gasteiger partial charge in [-0.1, -0.05) is 0 Å².